The van der Waals surface area contributed by atoms with Crippen molar-refractivity contribution < 1.29 is 86.5 Å². The second-order valence-corrected chi connectivity index (χ2v) is 20.0. The maximum absolute atomic E-state index is 14.0. The fourth-order valence-corrected chi connectivity index (χ4v) is 9.81. The number of methoxy groups -OCH3 is 1. The normalized spacial score (nSPS) is 22.5. The number of rotatable bonds is 28. The van der Waals surface area contributed by atoms with E-state index in [1.807, 2.05) is 78.9 Å². The highest BCUT2D eigenvalue weighted by atomic mass is 16.8. The number of carbonyl (C=O) groups excluding carboxylic acids is 3. The maximum atomic E-state index is 14.0. The monoisotopic (exact) mass is 1180 g/mol. The Labute approximate surface area is 493 Å². The predicted molar refractivity (Wildman–Crippen MR) is 303 cm³/mol. The molecule has 2 aliphatic rings. The quantitative estimate of drug-likeness (QED) is 0.0202. The molecule has 2 heterocycles. The lowest BCUT2D eigenvalue weighted by molar-refractivity contribution is -0.410. The fourth-order valence-electron chi connectivity index (χ4n) is 9.81. The first-order valence-electron chi connectivity index (χ1n) is 27.4. The number of hydrogen-bond acceptors (Lipinski definition) is 20. The van der Waals surface area contributed by atoms with Gasteiger partial charge in [-0.25, -0.2) is 14.4 Å². The van der Waals surface area contributed by atoms with Crippen LogP contribution in [0.1, 0.15) is 48.5 Å². The molecular formula is C64H62N2O20. The third-order valence-corrected chi connectivity index (χ3v) is 14.2. The second kappa shape index (κ2) is 29.9. The van der Waals surface area contributed by atoms with Crippen molar-refractivity contribution in [1.29, 1.82) is 0 Å². The summed E-state index contributed by atoms with van der Waals surface area (Å²) in [6.45, 7) is -1.95. The molecule has 22 nitrogen and oxygen atoms in total. The number of aliphatic hydroxyl groups excluding tert-OH is 2. The molecule has 7 aromatic rings. The summed E-state index contributed by atoms with van der Waals surface area (Å²) < 4.78 is 71.9. The molecule has 0 aromatic heterocycles. The van der Waals surface area contributed by atoms with Crippen LogP contribution in [-0.4, -0.2) is 125 Å². The molecule has 0 unspecified atom stereocenters. The zero-order valence-corrected chi connectivity index (χ0v) is 46.4. The summed E-state index contributed by atoms with van der Waals surface area (Å²) >= 11 is 0. The minimum absolute atomic E-state index is 0.0413. The standard InChI is InChI=1S/C64H62N2O20/c1-76-62(71)53(67)58(68)64(59(81-39-46-25-15-6-16-26-46)55(78-36-43-19-9-3-10-20-43)52(85-64)41-83-61(70)48-29-33-50(34-30-48)66(74)75)86-63-57(80-38-45-23-13-5-14-24-45)56(79-37-44-21-11-4-12-22-44)54(77-35-42-17-7-2-8-18-42)51(84-63)40-82-60(69)47-27-31-49(32-28-47)65(72)73/h2-34,51-59,63,67-68H,35-41H2,1H3/t51-,52-,53-,54-,55-,56+,57-,58-,59+,63-,64+/m1/s1. The van der Waals surface area contributed by atoms with Crippen LogP contribution in [0.3, 0.4) is 0 Å². The average molecular weight is 1180 g/mol. The molecule has 2 N–H and O–H groups in total. The summed E-state index contributed by atoms with van der Waals surface area (Å²) in [5, 5.41) is 48.0. The lowest BCUT2D eigenvalue weighted by atomic mass is 9.94. The van der Waals surface area contributed by atoms with E-state index in [0.717, 1.165) is 36.9 Å². The first-order chi connectivity index (χ1) is 41.8. The molecule has 7 aromatic carbocycles. The molecule has 448 valence electrons. The van der Waals surface area contributed by atoms with Crippen LogP contribution in [0.25, 0.3) is 0 Å². The van der Waals surface area contributed by atoms with E-state index < -0.39 is 108 Å². The van der Waals surface area contributed by atoms with Crippen LogP contribution in [0, 0.1) is 20.2 Å². The summed E-state index contributed by atoms with van der Waals surface area (Å²) in [6.07, 6.45) is -16.9. The molecule has 0 saturated carbocycles. The third kappa shape index (κ3) is 15.8. The van der Waals surface area contributed by atoms with Crippen molar-refractivity contribution in [2.24, 2.45) is 0 Å². The van der Waals surface area contributed by atoms with Crippen LogP contribution in [0.2, 0.25) is 0 Å². The molecule has 86 heavy (non-hydrogen) atoms. The van der Waals surface area contributed by atoms with E-state index in [1.165, 1.54) is 24.3 Å². The van der Waals surface area contributed by atoms with Crippen LogP contribution in [0.5, 0.6) is 0 Å². The topological polar surface area (TPSA) is 279 Å². The zero-order valence-electron chi connectivity index (χ0n) is 46.4. The summed E-state index contributed by atoms with van der Waals surface area (Å²) in [6, 6.07) is 54.5. The van der Waals surface area contributed by atoms with Gasteiger partial charge in [0.1, 0.15) is 62.0 Å². The number of benzene rings is 7. The van der Waals surface area contributed by atoms with Gasteiger partial charge in [-0.05, 0) is 52.1 Å². The molecule has 2 aliphatic heterocycles. The van der Waals surface area contributed by atoms with E-state index in [2.05, 4.69) is 0 Å². The number of nitro benzene ring substituents is 2. The van der Waals surface area contributed by atoms with Gasteiger partial charge in [0.25, 0.3) is 11.4 Å². The lowest BCUT2D eigenvalue weighted by Crippen LogP contribution is -2.67. The van der Waals surface area contributed by atoms with E-state index in [9.17, 15) is 44.8 Å². The number of nitro groups is 2. The van der Waals surface area contributed by atoms with Gasteiger partial charge in [0.2, 0.25) is 5.79 Å². The Bertz CT molecular complexity index is 3300. The van der Waals surface area contributed by atoms with Crippen LogP contribution in [-0.2, 0) is 89.9 Å². The summed E-state index contributed by atoms with van der Waals surface area (Å²) in [4.78, 5) is 63.3. The highest BCUT2D eigenvalue weighted by Crippen LogP contribution is 2.45. The van der Waals surface area contributed by atoms with Gasteiger partial charge in [-0.1, -0.05) is 152 Å². The molecule has 9 rings (SSSR count). The van der Waals surface area contributed by atoms with Gasteiger partial charge in [0, 0.05) is 24.3 Å². The number of carbonyl (C=O) groups is 3. The van der Waals surface area contributed by atoms with Crippen molar-refractivity contribution >= 4 is 29.3 Å². The largest absolute Gasteiger partial charge is 0.467 e. The smallest absolute Gasteiger partial charge is 0.338 e. The van der Waals surface area contributed by atoms with E-state index in [4.69, 9.17) is 52.1 Å². The Kier molecular flexibility index (Phi) is 21.5. The van der Waals surface area contributed by atoms with Gasteiger partial charge >= 0.3 is 17.9 Å². The molecular weight excluding hydrogens is 1120 g/mol. The maximum Gasteiger partial charge on any atom is 0.338 e. The van der Waals surface area contributed by atoms with Gasteiger partial charge < -0.3 is 62.3 Å². The van der Waals surface area contributed by atoms with Gasteiger partial charge in [-0.15, -0.1) is 0 Å². The van der Waals surface area contributed by atoms with Crippen molar-refractivity contribution in [3.05, 3.63) is 259 Å². The highest BCUT2D eigenvalue weighted by Gasteiger charge is 2.67. The minimum Gasteiger partial charge on any atom is -0.467 e. The molecule has 0 aliphatic carbocycles. The Balaban J connectivity index is 1.19. The molecule has 0 radical (unpaired) electrons. The predicted octanol–water partition coefficient (Wildman–Crippen LogP) is 8.18. The van der Waals surface area contributed by atoms with E-state index in [-0.39, 0.29) is 55.5 Å². The molecule has 0 bridgehead atoms. The SMILES string of the molecule is COC(=O)[C@H](O)[C@@H](O)[C@@]1(O[C@H]2O[C@H](COC(=O)c3ccc([N+](=O)[O-])cc3)[C@@H](OCc3ccccc3)[C@H](OCc3ccccc3)[C@H]2OCc2ccccc2)O[C@H](COC(=O)c2ccc([N+](=O)[O-])cc2)[C@@H](OCc2ccccc2)[C@@H]1OCc1ccccc1. The van der Waals surface area contributed by atoms with Crippen molar-refractivity contribution in [2.75, 3.05) is 20.3 Å². The Morgan fingerprint density at radius 1 is 0.488 bits per heavy atom. The van der Waals surface area contributed by atoms with Crippen LogP contribution in [0.15, 0.2) is 200 Å². The fraction of sp³-hybridized carbons (Fsp3) is 0.297. The zero-order chi connectivity index (χ0) is 60.4. The van der Waals surface area contributed by atoms with Gasteiger partial charge in [-0.2, -0.15) is 0 Å². The average Bonchev–Trinajstić information content (AvgIpc) is 2.23. The van der Waals surface area contributed by atoms with Gasteiger partial charge in [0.05, 0.1) is 61.1 Å². The third-order valence-electron chi connectivity index (χ3n) is 14.2. The second-order valence-electron chi connectivity index (χ2n) is 20.0. The van der Waals surface area contributed by atoms with Crippen molar-refractivity contribution in [1.82, 2.24) is 0 Å². The first kappa shape index (κ1) is 61.9. The number of hydrogen-bond donors (Lipinski definition) is 2. The van der Waals surface area contributed by atoms with Crippen molar-refractivity contribution in [3.63, 3.8) is 0 Å². The summed E-state index contributed by atoms with van der Waals surface area (Å²) in [5.41, 5.74) is 2.71. The Morgan fingerprint density at radius 2 is 0.849 bits per heavy atom. The molecule has 0 amide bonds. The Morgan fingerprint density at radius 3 is 1.24 bits per heavy atom. The number of non-ortho nitro benzene ring substituents is 2. The number of aliphatic hydroxyl groups is 2. The van der Waals surface area contributed by atoms with E-state index in [0.29, 0.717) is 22.3 Å². The van der Waals surface area contributed by atoms with E-state index in [1.54, 1.807) is 72.8 Å². The highest BCUT2D eigenvalue weighted by molar-refractivity contribution is 5.90. The molecule has 2 fully saturated rings. The Hall–Kier alpha value is -8.65. The summed E-state index contributed by atoms with van der Waals surface area (Å²) in [5.74, 6) is -6.04. The van der Waals surface area contributed by atoms with Crippen LogP contribution >= 0.6 is 0 Å². The van der Waals surface area contributed by atoms with Crippen molar-refractivity contribution in [3.8, 4) is 0 Å². The molecule has 0 spiro atoms. The molecule has 22 heteroatoms. The minimum atomic E-state index is -2.85. The van der Waals surface area contributed by atoms with Gasteiger partial charge in [0.15, 0.2) is 12.4 Å². The number of ether oxygens (including phenoxy) is 11. The van der Waals surface area contributed by atoms with Crippen molar-refractivity contribution in [2.45, 2.75) is 100 Å². The molecule has 11 atom stereocenters. The van der Waals surface area contributed by atoms with E-state index >= 15 is 0 Å². The first-order valence-corrected chi connectivity index (χ1v) is 27.4. The lowest BCUT2D eigenvalue weighted by Gasteiger charge is -2.49. The summed E-state index contributed by atoms with van der Waals surface area (Å²) in [7, 11) is 0.988. The number of nitrogens with zero attached hydrogens (tertiary/aromatic N) is 2. The number of esters is 3. The molecule has 2 saturated heterocycles. The van der Waals surface area contributed by atoms with Crippen LogP contribution < -0.4 is 0 Å². The van der Waals surface area contributed by atoms with Gasteiger partial charge in [-0.3, -0.25) is 20.2 Å². The van der Waals surface area contributed by atoms with Crippen LogP contribution in [0.4, 0.5) is 11.4 Å².